The molecule has 178 valence electrons. The van der Waals surface area contributed by atoms with Crippen molar-refractivity contribution in [2.24, 2.45) is 0 Å². The molecule has 2 aromatic carbocycles. The number of rotatable bonds is 10. The standard InChI is InChI=1S/C25H25BrN2O4S2/c1-2-32-24(31)18-9-13-20(14-10-18)27-22(29)6-4-3-5-15-28-23(30)21(34-25(28)33)16-17-7-11-19(26)12-8-17/h7-14,16H,2-6,15H2,1H3,(H,27,29)/b21-16-. The van der Waals surface area contributed by atoms with Gasteiger partial charge in [0.2, 0.25) is 5.91 Å². The molecule has 3 rings (SSSR count). The van der Waals surface area contributed by atoms with Gasteiger partial charge < -0.3 is 10.1 Å². The predicted octanol–water partition coefficient (Wildman–Crippen LogP) is 6.03. The van der Waals surface area contributed by atoms with Gasteiger partial charge in [-0.25, -0.2) is 4.79 Å². The van der Waals surface area contributed by atoms with Crippen LogP contribution in [0.4, 0.5) is 5.69 Å². The summed E-state index contributed by atoms with van der Waals surface area (Å²) in [5.74, 6) is -0.542. The number of carbonyl (C=O) groups is 3. The first-order valence-corrected chi connectivity index (χ1v) is 13.0. The van der Waals surface area contributed by atoms with Gasteiger partial charge in [-0.2, -0.15) is 0 Å². The molecule has 0 saturated carbocycles. The topological polar surface area (TPSA) is 75.7 Å². The van der Waals surface area contributed by atoms with Crippen LogP contribution in [0.2, 0.25) is 0 Å². The van der Waals surface area contributed by atoms with E-state index >= 15 is 0 Å². The van der Waals surface area contributed by atoms with Crippen molar-refractivity contribution in [3.05, 3.63) is 69.0 Å². The second-order valence-electron chi connectivity index (χ2n) is 7.54. The first-order chi connectivity index (χ1) is 16.4. The van der Waals surface area contributed by atoms with Crippen LogP contribution in [-0.4, -0.2) is 40.2 Å². The summed E-state index contributed by atoms with van der Waals surface area (Å²) in [6.07, 6.45) is 4.50. The van der Waals surface area contributed by atoms with Crippen LogP contribution < -0.4 is 5.32 Å². The summed E-state index contributed by atoms with van der Waals surface area (Å²) >= 11 is 10.1. The molecule has 0 unspecified atom stereocenters. The molecule has 0 radical (unpaired) electrons. The lowest BCUT2D eigenvalue weighted by Gasteiger charge is -2.14. The fraction of sp³-hybridized carbons (Fsp3) is 0.280. The van der Waals surface area contributed by atoms with E-state index in [1.165, 1.54) is 11.8 Å². The molecule has 1 N–H and O–H groups in total. The van der Waals surface area contributed by atoms with Gasteiger partial charge in [0.25, 0.3) is 5.91 Å². The lowest BCUT2D eigenvalue weighted by molar-refractivity contribution is -0.122. The number of hydrogen-bond acceptors (Lipinski definition) is 6. The highest BCUT2D eigenvalue weighted by atomic mass is 79.9. The van der Waals surface area contributed by atoms with Gasteiger partial charge in [0, 0.05) is 23.1 Å². The average Bonchev–Trinajstić information content (AvgIpc) is 3.08. The van der Waals surface area contributed by atoms with Crippen LogP contribution in [0.1, 0.15) is 48.5 Å². The highest BCUT2D eigenvalue weighted by molar-refractivity contribution is 9.10. The summed E-state index contributed by atoms with van der Waals surface area (Å²) in [7, 11) is 0. The third-order valence-corrected chi connectivity index (χ3v) is 6.91. The normalized spacial score (nSPS) is 14.5. The van der Waals surface area contributed by atoms with Gasteiger partial charge in [-0.1, -0.05) is 58.5 Å². The molecule has 2 aromatic rings. The minimum Gasteiger partial charge on any atom is -0.462 e. The zero-order chi connectivity index (χ0) is 24.5. The number of amides is 2. The van der Waals surface area contributed by atoms with Crippen molar-refractivity contribution in [1.82, 2.24) is 4.90 Å². The van der Waals surface area contributed by atoms with Crippen LogP contribution in [0.3, 0.4) is 0 Å². The molecule has 1 saturated heterocycles. The number of ether oxygens (including phenoxy) is 1. The molecule has 0 bridgehead atoms. The summed E-state index contributed by atoms with van der Waals surface area (Å²) in [6, 6.07) is 14.4. The third-order valence-electron chi connectivity index (χ3n) is 5.01. The fourth-order valence-electron chi connectivity index (χ4n) is 3.26. The third kappa shape index (κ3) is 7.51. The van der Waals surface area contributed by atoms with Gasteiger partial charge in [0.05, 0.1) is 17.1 Å². The fourth-order valence-corrected chi connectivity index (χ4v) is 4.84. The van der Waals surface area contributed by atoms with Gasteiger partial charge in [0.15, 0.2) is 0 Å². The van der Waals surface area contributed by atoms with Crippen molar-refractivity contribution in [2.45, 2.75) is 32.6 Å². The molecule has 6 nitrogen and oxygen atoms in total. The van der Waals surface area contributed by atoms with Crippen molar-refractivity contribution in [3.63, 3.8) is 0 Å². The Balaban J connectivity index is 1.38. The Kier molecular flexibility index (Phi) is 9.86. The highest BCUT2D eigenvalue weighted by Gasteiger charge is 2.31. The van der Waals surface area contributed by atoms with E-state index in [9.17, 15) is 14.4 Å². The Hall–Kier alpha value is -2.49. The second-order valence-corrected chi connectivity index (χ2v) is 10.1. The van der Waals surface area contributed by atoms with Crippen molar-refractivity contribution in [3.8, 4) is 0 Å². The van der Waals surface area contributed by atoms with Crippen molar-refractivity contribution >= 4 is 73.8 Å². The van der Waals surface area contributed by atoms with E-state index in [2.05, 4.69) is 21.2 Å². The zero-order valence-corrected chi connectivity index (χ0v) is 21.9. The molecule has 9 heteroatoms. The number of benzene rings is 2. The van der Waals surface area contributed by atoms with E-state index in [4.69, 9.17) is 17.0 Å². The van der Waals surface area contributed by atoms with E-state index in [-0.39, 0.29) is 17.8 Å². The molecule has 1 aliphatic rings. The summed E-state index contributed by atoms with van der Waals surface area (Å²) in [5.41, 5.74) is 2.03. The van der Waals surface area contributed by atoms with Gasteiger partial charge in [0.1, 0.15) is 4.32 Å². The monoisotopic (exact) mass is 560 g/mol. The van der Waals surface area contributed by atoms with Gasteiger partial charge >= 0.3 is 5.97 Å². The number of nitrogens with zero attached hydrogens (tertiary/aromatic N) is 1. The number of unbranched alkanes of at least 4 members (excludes halogenated alkanes) is 2. The maximum Gasteiger partial charge on any atom is 0.338 e. The number of thiocarbonyl (C=S) groups is 1. The molecule has 1 fully saturated rings. The minimum absolute atomic E-state index is 0.0677. The number of hydrogen-bond donors (Lipinski definition) is 1. The lowest BCUT2D eigenvalue weighted by Crippen LogP contribution is -2.29. The maximum absolute atomic E-state index is 12.7. The van der Waals surface area contributed by atoms with Crippen LogP contribution in [-0.2, 0) is 14.3 Å². The Labute approximate surface area is 217 Å². The molecule has 34 heavy (non-hydrogen) atoms. The van der Waals surface area contributed by atoms with Crippen LogP contribution in [0.25, 0.3) is 6.08 Å². The molecule has 1 heterocycles. The smallest absolute Gasteiger partial charge is 0.338 e. The molecule has 0 atom stereocenters. The van der Waals surface area contributed by atoms with E-state index in [0.29, 0.717) is 46.5 Å². The van der Waals surface area contributed by atoms with E-state index in [1.54, 1.807) is 36.1 Å². The number of thioether (sulfide) groups is 1. The number of carbonyl (C=O) groups excluding carboxylic acids is 3. The largest absolute Gasteiger partial charge is 0.462 e. The molecular weight excluding hydrogens is 536 g/mol. The quantitative estimate of drug-likeness (QED) is 0.165. The molecule has 2 amide bonds. The summed E-state index contributed by atoms with van der Waals surface area (Å²) in [4.78, 5) is 38.8. The van der Waals surface area contributed by atoms with Gasteiger partial charge in [-0.15, -0.1) is 0 Å². The molecule has 0 spiro atoms. The molecular formula is C25H25BrN2O4S2. The molecule has 1 aliphatic heterocycles. The number of anilines is 1. The Morgan fingerprint density at radius 2 is 1.79 bits per heavy atom. The first kappa shape index (κ1) is 26.1. The summed E-state index contributed by atoms with van der Waals surface area (Å²) < 4.78 is 6.50. The summed E-state index contributed by atoms with van der Waals surface area (Å²) in [5, 5.41) is 2.83. The highest BCUT2D eigenvalue weighted by Crippen LogP contribution is 2.33. The van der Waals surface area contributed by atoms with Crippen molar-refractivity contribution in [1.29, 1.82) is 0 Å². The van der Waals surface area contributed by atoms with Crippen molar-refractivity contribution < 1.29 is 19.1 Å². The average molecular weight is 562 g/mol. The number of esters is 1. The first-order valence-electron chi connectivity index (χ1n) is 11.0. The Morgan fingerprint density at radius 3 is 2.47 bits per heavy atom. The Morgan fingerprint density at radius 1 is 1.09 bits per heavy atom. The number of halogens is 1. The summed E-state index contributed by atoms with van der Waals surface area (Å²) in [6.45, 7) is 2.61. The Bertz CT molecular complexity index is 1090. The van der Waals surface area contributed by atoms with Gasteiger partial charge in [-0.05, 0) is 67.8 Å². The minimum atomic E-state index is -0.384. The van der Waals surface area contributed by atoms with Crippen LogP contribution >= 0.6 is 39.9 Å². The van der Waals surface area contributed by atoms with Crippen LogP contribution in [0.5, 0.6) is 0 Å². The van der Waals surface area contributed by atoms with E-state index in [0.717, 1.165) is 22.9 Å². The number of nitrogens with one attached hydrogen (secondary N) is 1. The van der Waals surface area contributed by atoms with Crippen LogP contribution in [0.15, 0.2) is 57.9 Å². The van der Waals surface area contributed by atoms with Crippen molar-refractivity contribution in [2.75, 3.05) is 18.5 Å². The second kappa shape index (κ2) is 12.8. The SMILES string of the molecule is CCOC(=O)c1ccc(NC(=O)CCCCCN2C(=O)/C(=C/c3ccc(Br)cc3)SC2=S)cc1. The van der Waals surface area contributed by atoms with E-state index in [1.807, 2.05) is 30.3 Å². The predicted molar refractivity (Wildman–Crippen MR) is 144 cm³/mol. The van der Waals surface area contributed by atoms with Gasteiger partial charge in [-0.3, -0.25) is 14.5 Å². The van der Waals surface area contributed by atoms with Crippen LogP contribution in [0, 0.1) is 0 Å². The lowest BCUT2D eigenvalue weighted by atomic mass is 10.1. The molecule has 0 aromatic heterocycles. The van der Waals surface area contributed by atoms with E-state index < -0.39 is 0 Å². The maximum atomic E-state index is 12.7. The molecule has 0 aliphatic carbocycles. The zero-order valence-electron chi connectivity index (χ0n) is 18.7.